The lowest BCUT2D eigenvalue weighted by atomic mass is 10.0. The lowest BCUT2D eigenvalue weighted by molar-refractivity contribution is -0.116. The van der Waals surface area contributed by atoms with Gasteiger partial charge in [0.2, 0.25) is 5.91 Å². The van der Waals surface area contributed by atoms with Crippen molar-refractivity contribution in [2.45, 2.75) is 51.6 Å². The highest BCUT2D eigenvalue weighted by Gasteiger charge is 2.19. The average molecular weight is 452 g/mol. The van der Waals surface area contributed by atoms with E-state index >= 15 is 0 Å². The number of carbonyl (C=O) groups excluding carboxylic acids is 1. The molecule has 2 aromatic carbocycles. The van der Waals surface area contributed by atoms with Gasteiger partial charge in [0.25, 0.3) is 0 Å². The quantitative estimate of drug-likeness (QED) is 0.485. The topological polar surface area (TPSA) is 87.0 Å². The molecule has 1 amide bonds. The number of hydrogen-bond donors (Lipinski definition) is 1. The first-order chi connectivity index (χ1) is 16.0. The van der Waals surface area contributed by atoms with Crippen molar-refractivity contribution in [3.8, 4) is 17.2 Å². The largest absolute Gasteiger partial charge is 0.497 e. The molecule has 1 saturated carbocycles. The summed E-state index contributed by atoms with van der Waals surface area (Å²) in [6.45, 7) is 1.87. The zero-order chi connectivity index (χ0) is 23.4. The highest BCUT2D eigenvalue weighted by molar-refractivity contribution is 5.91. The fraction of sp³-hybridized carbons (Fsp3) is 0.385. The van der Waals surface area contributed by atoms with Crippen LogP contribution in [0.1, 0.15) is 43.2 Å². The van der Waals surface area contributed by atoms with Crippen LogP contribution >= 0.6 is 0 Å². The van der Waals surface area contributed by atoms with Gasteiger partial charge in [-0.05, 0) is 68.9 Å². The molecule has 4 rings (SSSR count). The Hall–Kier alpha value is -3.48. The third-order valence-electron chi connectivity index (χ3n) is 6.14. The first-order valence-electron chi connectivity index (χ1n) is 11.2. The zero-order valence-corrected chi connectivity index (χ0v) is 19.2. The van der Waals surface area contributed by atoms with Crippen LogP contribution < -0.4 is 25.2 Å². The molecule has 1 N–H and O–H groups in total. The molecule has 33 heavy (non-hydrogen) atoms. The number of carbonyl (C=O) groups is 1. The highest BCUT2D eigenvalue weighted by atomic mass is 16.5. The van der Waals surface area contributed by atoms with Crippen LogP contribution in [0, 0.1) is 6.92 Å². The number of benzene rings is 2. The fourth-order valence-corrected chi connectivity index (χ4v) is 4.28. The first-order valence-corrected chi connectivity index (χ1v) is 11.2. The molecule has 0 aliphatic heterocycles. The van der Waals surface area contributed by atoms with Crippen molar-refractivity contribution in [2.24, 2.45) is 0 Å². The minimum absolute atomic E-state index is 0.151. The number of methoxy groups -OCH3 is 2. The minimum atomic E-state index is -0.433. The monoisotopic (exact) mass is 451 g/mol. The molecule has 174 valence electrons. The number of hydrogen-bond acceptors (Lipinski definition) is 6. The van der Waals surface area contributed by atoms with E-state index in [9.17, 15) is 9.59 Å². The van der Waals surface area contributed by atoms with Gasteiger partial charge in [-0.1, -0.05) is 0 Å². The zero-order valence-electron chi connectivity index (χ0n) is 19.2. The molecular formula is C26H29NO6. The lowest BCUT2D eigenvalue weighted by Crippen LogP contribution is -2.17. The average Bonchev–Trinajstić information content (AvgIpc) is 3.32. The normalized spacial score (nSPS) is 13.8. The van der Waals surface area contributed by atoms with Crippen LogP contribution in [0.4, 0.5) is 5.69 Å². The second-order valence-electron chi connectivity index (χ2n) is 8.29. The van der Waals surface area contributed by atoms with Crippen LogP contribution in [0.3, 0.4) is 0 Å². The second-order valence-corrected chi connectivity index (χ2v) is 8.29. The predicted molar refractivity (Wildman–Crippen MR) is 127 cm³/mol. The van der Waals surface area contributed by atoms with Crippen LogP contribution in [0.15, 0.2) is 45.6 Å². The predicted octanol–water partition coefficient (Wildman–Crippen LogP) is 5.01. The minimum Gasteiger partial charge on any atom is -0.497 e. The van der Waals surface area contributed by atoms with E-state index in [4.69, 9.17) is 18.6 Å². The Morgan fingerprint density at radius 2 is 1.85 bits per heavy atom. The molecular weight excluding hydrogens is 422 g/mol. The van der Waals surface area contributed by atoms with Crippen molar-refractivity contribution in [3.63, 3.8) is 0 Å². The molecule has 0 radical (unpaired) electrons. The van der Waals surface area contributed by atoms with Gasteiger partial charge in [0.05, 0.1) is 20.3 Å². The Morgan fingerprint density at radius 1 is 1.06 bits per heavy atom. The van der Waals surface area contributed by atoms with Crippen LogP contribution in [0.2, 0.25) is 0 Å². The molecule has 0 unspecified atom stereocenters. The van der Waals surface area contributed by atoms with Crippen molar-refractivity contribution >= 4 is 22.6 Å². The number of nitrogens with one attached hydrogen (secondary N) is 1. The lowest BCUT2D eigenvalue weighted by Gasteiger charge is -2.17. The number of rotatable bonds is 8. The summed E-state index contributed by atoms with van der Waals surface area (Å²) < 4.78 is 22.2. The van der Waals surface area contributed by atoms with E-state index in [1.807, 2.05) is 19.1 Å². The Morgan fingerprint density at radius 3 is 2.58 bits per heavy atom. The van der Waals surface area contributed by atoms with Gasteiger partial charge in [-0.2, -0.15) is 0 Å². The number of fused-ring (bicyclic) bond motifs is 1. The van der Waals surface area contributed by atoms with Crippen molar-refractivity contribution in [3.05, 3.63) is 57.9 Å². The van der Waals surface area contributed by atoms with Crippen LogP contribution in [0.25, 0.3) is 11.0 Å². The standard InChI is InChI=1S/C26H29NO6/c1-16-20-10-9-19(30-2)15-23(20)33-26(29)21(16)11-13-25(28)27-17-8-12-22(31-3)24(14-17)32-18-6-4-5-7-18/h8-10,12,14-15,18H,4-7,11,13H2,1-3H3,(H,27,28). The van der Waals surface area contributed by atoms with Gasteiger partial charge in [-0.3, -0.25) is 4.79 Å². The summed E-state index contributed by atoms with van der Waals surface area (Å²) in [4.78, 5) is 25.2. The van der Waals surface area contributed by atoms with Gasteiger partial charge >= 0.3 is 5.63 Å². The van der Waals surface area contributed by atoms with E-state index in [1.165, 1.54) is 12.8 Å². The number of amides is 1. The van der Waals surface area contributed by atoms with Gasteiger partial charge in [-0.25, -0.2) is 4.79 Å². The van der Waals surface area contributed by atoms with E-state index in [0.29, 0.717) is 34.1 Å². The van der Waals surface area contributed by atoms with Crippen LogP contribution in [-0.2, 0) is 11.2 Å². The molecule has 7 heteroatoms. The van der Waals surface area contributed by atoms with Crippen molar-refractivity contribution in [1.29, 1.82) is 0 Å². The van der Waals surface area contributed by atoms with Crippen LogP contribution in [-0.4, -0.2) is 26.2 Å². The fourth-order valence-electron chi connectivity index (χ4n) is 4.28. The Labute approximate surface area is 192 Å². The summed E-state index contributed by atoms with van der Waals surface area (Å²) in [5, 5.41) is 3.72. The van der Waals surface area contributed by atoms with Gasteiger partial charge < -0.3 is 23.9 Å². The number of anilines is 1. The smallest absolute Gasteiger partial charge is 0.339 e. The van der Waals surface area contributed by atoms with Gasteiger partial charge in [-0.15, -0.1) is 0 Å². The molecule has 0 spiro atoms. The Kier molecular flexibility index (Phi) is 6.87. The molecule has 7 nitrogen and oxygen atoms in total. The maximum Gasteiger partial charge on any atom is 0.339 e. The molecule has 1 aliphatic rings. The summed E-state index contributed by atoms with van der Waals surface area (Å²) in [7, 11) is 3.16. The maximum atomic E-state index is 12.6. The Balaban J connectivity index is 1.45. The first kappa shape index (κ1) is 22.7. The highest BCUT2D eigenvalue weighted by Crippen LogP contribution is 2.34. The second kappa shape index (κ2) is 9.98. The van der Waals surface area contributed by atoms with E-state index in [-0.39, 0.29) is 24.9 Å². The number of ether oxygens (including phenoxy) is 3. The third kappa shape index (κ3) is 5.13. The third-order valence-corrected chi connectivity index (χ3v) is 6.14. The summed E-state index contributed by atoms with van der Waals surface area (Å²) in [6.07, 6.45) is 5.00. The van der Waals surface area contributed by atoms with E-state index < -0.39 is 5.63 Å². The van der Waals surface area contributed by atoms with E-state index in [2.05, 4.69) is 5.32 Å². The molecule has 1 heterocycles. The molecule has 1 fully saturated rings. The molecule has 1 aliphatic carbocycles. The van der Waals surface area contributed by atoms with E-state index in [0.717, 1.165) is 23.8 Å². The molecule has 0 saturated heterocycles. The van der Waals surface area contributed by atoms with Gasteiger partial charge in [0.1, 0.15) is 11.3 Å². The van der Waals surface area contributed by atoms with Gasteiger partial charge in [0, 0.05) is 35.2 Å². The molecule has 1 aromatic heterocycles. The van der Waals surface area contributed by atoms with Crippen LogP contribution in [0.5, 0.6) is 17.2 Å². The molecule has 3 aromatic rings. The van der Waals surface area contributed by atoms with Gasteiger partial charge in [0.15, 0.2) is 11.5 Å². The summed E-state index contributed by atoms with van der Waals surface area (Å²) in [6, 6.07) is 10.7. The summed E-state index contributed by atoms with van der Waals surface area (Å²) >= 11 is 0. The molecule has 0 bridgehead atoms. The molecule has 0 atom stereocenters. The van der Waals surface area contributed by atoms with Crippen molar-refractivity contribution < 1.29 is 23.4 Å². The number of aryl methyl sites for hydroxylation is 1. The van der Waals surface area contributed by atoms with Crippen molar-refractivity contribution in [2.75, 3.05) is 19.5 Å². The maximum absolute atomic E-state index is 12.6. The van der Waals surface area contributed by atoms with E-state index in [1.54, 1.807) is 38.5 Å². The summed E-state index contributed by atoms with van der Waals surface area (Å²) in [5.41, 5.74) is 1.98. The Bertz CT molecular complexity index is 1210. The SMILES string of the molecule is COc1ccc2c(C)c(CCC(=O)Nc3ccc(OC)c(OC4CCCC4)c3)c(=O)oc2c1. The summed E-state index contributed by atoms with van der Waals surface area (Å²) in [5.74, 6) is 1.69. The van der Waals surface area contributed by atoms with Crippen molar-refractivity contribution in [1.82, 2.24) is 0 Å².